The van der Waals surface area contributed by atoms with Crippen LogP contribution >= 0.6 is 0 Å². The van der Waals surface area contributed by atoms with Crippen molar-refractivity contribution in [1.82, 2.24) is 24.5 Å². The van der Waals surface area contributed by atoms with Crippen LogP contribution in [0.2, 0.25) is 0 Å². The Morgan fingerprint density at radius 3 is 2.73 bits per heavy atom. The molecule has 3 aromatic heterocycles. The van der Waals surface area contributed by atoms with Crippen molar-refractivity contribution >= 4 is 27.8 Å². The van der Waals surface area contributed by atoms with E-state index in [-0.39, 0.29) is 28.2 Å². The molecule has 0 aliphatic heterocycles. The summed E-state index contributed by atoms with van der Waals surface area (Å²) >= 11 is 0. The molecular weight excluding hydrogens is 492 g/mol. The van der Waals surface area contributed by atoms with Crippen molar-refractivity contribution < 1.29 is 22.3 Å². The first-order valence-electron chi connectivity index (χ1n) is 11.3. The minimum absolute atomic E-state index is 0.101. The Morgan fingerprint density at radius 2 is 1.95 bits per heavy atom. The maximum absolute atomic E-state index is 14.7. The predicted molar refractivity (Wildman–Crippen MR) is 129 cm³/mol. The molecule has 0 bridgehead atoms. The van der Waals surface area contributed by atoms with Gasteiger partial charge in [0.05, 0.1) is 29.3 Å². The second-order valence-electron chi connectivity index (χ2n) is 8.21. The first kappa shape index (κ1) is 24.2. The van der Waals surface area contributed by atoms with Gasteiger partial charge in [0.25, 0.3) is 5.56 Å². The summed E-state index contributed by atoms with van der Waals surface area (Å²) in [5, 5.41) is 3.11. The lowest BCUT2D eigenvalue weighted by molar-refractivity contribution is -0.153. The Morgan fingerprint density at radius 1 is 1.14 bits per heavy atom. The van der Waals surface area contributed by atoms with Crippen LogP contribution in [0.5, 0.6) is 5.75 Å². The summed E-state index contributed by atoms with van der Waals surface area (Å²) in [5.41, 5.74) is 1.41. The maximum atomic E-state index is 14.7. The van der Waals surface area contributed by atoms with Crippen LogP contribution in [0.1, 0.15) is 25.2 Å². The smallest absolute Gasteiger partial charge is 0.422 e. The van der Waals surface area contributed by atoms with Gasteiger partial charge in [0.1, 0.15) is 28.3 Å². The summed E-state index contributed by atoms with van der Waals surface area (Å²) in [6.07, 6.45) is -1.000. The SMILES string of the molecule is CC[C@H](Nc1ccnc2nc[nH]c12)c1nc2cccc(F)c2c(=O)n1-c1cccc(OCC(F)(F)F)c1. The van der Waals surface area contributed by atoms with Gasteiger partial charge < -0.3 is 15.0 Å². The van der Waals surface area contributed by atoms with Crippen LogP contribution in [0.15, 0.2) is 65.8 Å². The summed E-state index contributed by atoms with van der Waals surface area (Å²) in [4.78, 5) is 29.6. The number of fused-ring (bicyclic) bond motifs is 2. The second kappa shape index (κ2) is 9.52. The fourth-order valence-electron chi connectivity index (χ4n) is 4.07. The van der Waals surface area contributed by atoms with Crippen LogP contribution in [-0.4, -0.2) is 37.3 Å². The highest BCUT2D eigenvalue weighted by atomic mass is 19.4. The van der Waals surface area contributed by atoms with Gasteiger partial charge in [-0.1, -0.05) is 19.1 Å². The number of alkyl halides is 3. The number of hydrogen-bond acceptors (Lipinski definition) is 6. The Bertz CT molecular complexity index is 1650. The van der Waals surface area contributed by atoms with Crippen molar-refractivity contribution in [2.45, 2.75) is 25.6 Å². The second-order valence-corrected chi connectivity index (χ2v) is 8.21. The van der Waals surface area contributed by atoms with Crippen LogP contribution in [0.25, 0.3) is 27.8 Å². The molecule has 0 aliphatic rings. The van der Waals surface area contributed by atoms with E-state index >= 15 is 0 Å². The van der Waals surface area contributed by atoms with Crippen molar-refractivity contribution in [2.24, 2.45) is 0 Å². The molecular formula is C25H20F4N6O2. The molecule has 190 valence electrons. The molecule has 0 radical (unpaired) electrons. The summed E-state index contributed by atoms with van der Waals surface area (Å²) in [5.74, 6) is -0.618. The summed E-state index contributed by atoms with van der Waals surface area (Å²) in [7, 11) is 0. The Balaban J connectivity index is 1.67. The number of ether oxygens (including phenoxy) is 1. The van der Waals surface area contributed by atoms with Crippen molar-refractivity contribution in [1.29, 1.82) is 0 Å². The number of anilines is 1. The van der Waals surface area contributed by atoms with Crippen molar-refractivity contribution in [2.75, 3.05) is 11.9 Å². The van der Waals surface area contributed by atoms with Crippen LogP contribution in [0.4, 0.5) is 23.2 Å². The number of aromatic nitrogens is 5. The van der Waals surface area contributed by atoms with E-state index in [0.29, 0.717) is 23.3 Å². The fourth-order valence-corrected chi connectivity index (χ4v) is 4.07. The summed E-state index contributed by atoms with van der Waals surface area (Å²) < 4.78 is 58.9. The normalized spacial score (nSPS) is 12.7. The number of rotatable bonds is 7. The molecule has 0 saturated carbocycles. The van der Waals surface area contributed by atoms with Gasteiger partial charge in [-0.05, 0) is 36.8 Å². The van der Waals surface area contributed by atoms with Gasteiger partial charge >= 0.3 is 6.18 Å². The molecule has 0 unspecified atom stereocenters. The van der Waals surface area contributed by atoms with E-state index in [1.807, 2.05) is 6.92 Å². The van der Waals surface area contributed by atoms with E-state index in [2.05, 4.69) is 25.3 Å². The van der Waals surface area contributed by atoms with Crippen LogP contribution < -0.4 is 15.6 Å². The molecule has 2 aromatic carbocycles. The Labute approximate surface area is 207 Å². The Hall–Kier alpha value is -4.48. The van der Waals surface area contributed by atoms with Gasteiger partial charge in [-0.25, -0.2) is 19.3 Å². The third kappa shape index (κ3) is 4.82. The number of aromatic amines is 1. The number of halogens is 4. The molecule has 1 atom stereocenters. The molecule has 37 heavy (non-hydrogen) atoms. The van der Waals surface area contributed by atoms with Crippen LogP contribution in [0, 0.1) is 5.82 Å². The van der Waals surface area contributed by atoms with E-state index < -0.39 is 30.2 Å². The van der Waals surface area contributed by atoms with E-state index in [1.165, 1.54) is 47.3 Å². The molecule has 12 heteroatoms. The quantitative estimate of drug-likeness (QED) is 0.287. The molecule has 0 aliphatic carbocycles. The minimum atomic E-state index is -4.54. The zero-order valence-corrected chi connectivity index (χ0v) is 19.4. The van der Waals surface area contributed by atoms with Crippen molar-refractivity contribution in [3.63, 3.8) is 0 Å². The highest BCUT2D eigenvalue weighted by molar-refractivity contribution is 5.85. The highest BCUT2D eigenvalue weighted by Gasteiger charge is 2.28. The molecule has 5 aromatic rings. The van der Waals surface area contributed by atoms with Crippen LogP contribution in [-0.2, 0) is 0 Å². The molecule has 0 amide bonds. The monoisotopic (exact) mass is 512 g/mol. The fraction of sp³-hybridized carbons (Fsp3) is 0.200. The number of pyridine rings is 1. The minimum Gasteiger partial charge on any atom is -0.484 e. The lowest BCUT2D eigenvalue weighted by atomic mass is 10.1. The number of benzene rings is 2. The third-order valence-electron chi connectivity index (χ3n) is 5.73. The van der Waals surface area contributed by atoms with Crippen LogP contribution in [0.3, 0.4) is 0 Å². The largest absolute Gasteiger partial charge is 0.484 e. The first-order valence-corrected chi connectivity index (χ1v) is 11.3. The van der Waals surface area contributed by atoms with Gasteiger partial charge in [0.2, 0.25) is 0 Å². The number of nitrogens with zero attached hydrogens (tertiary/aromatic N) is 4. The molecule has 5 rings (SSSR count). The lowest BCUT2D eigenvalue weighted by Crippen LogP contribution is -2.28. The average Bonchev–Trinajstić information content (AvgIpc) is 3.35. The average molecular weight is 512 g/mol. The van der Waals surface area contributed by atoms with E-state index in [9.17, 15) is 22.4 Å². The van der Waals surface area contributed by atoms with Gasteiger partial charge in [0.15, 0.2) is 12.3 Å². The standard InChI is InChI=1S/C25H20F4N6O2/c1-2-17(33-19-9-10-30-22-21(19)31-13-32-22)23-34-18-8-4-7-16(26)20(18)24(36)35(23)14-5-3-6-15(11-14)37-12-25(27,28)29/h3-11,13,17H,2,12H2,1H3,(H2,30,31,32,33)/t17-/m0/s1. The highest BCUT2D eigenvalue weighted by Crippen LogP contribution is 2.29. The molecule has 0 spiro atoms. The molecule has 0 fully saturated rings. The van der Waals surface area contributed by atoms with Crippen molar-refractivity contribution in [3.8, 4) is 11.4 Å². The zero-order valence-electron chi connectivity index (χ0n) is 19.4. The molecule has 2 N–H and O–H groups in total. The van der Waals surface area contributed by atoms with Gasteiger partial charge in [-0.15, -0.1) is 0 Å². The van der Waals surface area contributed by atoms with Crippen molar-refractivity contribution in [3.05, 3.63) is 83.1 Å². The number of nitrogens with one attached hydrogen (secondary N) is 2. The third-order valence-corrected chi connectivity index (χ3v) is 5.73. The molecule has 3 heterocycles. The van der Waals surface area contributed by atoms with Gasteiger partial charge in [-0.3, -0.25) is 9.36 Å². The molecule has 0 saturated heterocycles. The van der Waals surface area contributed by atoms with Gasteiger partial charge in [-0.2, -0.15) is 13.2 Å². The summed E-state index contributed by atoms with van der Waals surface area (Å²) in [6.45, 7) is 0.377. The number of H-pyrrole nitrogens is 1. The number of hydrogen-bond donors (Lipinski definition) is 2. The predicted octanol–water partition coefficient (Wildman–Crippen LogP) is 5.30. The zero-order chi connectivity index (χ0) is 26.2. The topological polar surface area (TPSA) is 97.7 Å². The van der Waals surface area contributed by atoms with E-state index in [4.69, 9.17) is 4.74 Å². The van der Waals surface area contributed by atoms with E-state index in [1.54, 1.807) is 12.3 Å². The lowest BCUT2D eigenvalue weighted by Gasteiger charge is -2.23. The van der Waals surface area contributed by atoms with E-state index in [0.717, 1.165) is 6.07 Å². The Kier molecular flexibility index (Phi) is 6.24. The molecule has 8 nitrogen and oxygen atoms in total. The number of imidazole rings is 1. The maximum Gasteiger partial charge on any atom is 0.422 e. The van der Waals surface area contributed by atoms with Gasteiger partial charge in [0, 0.05) is 12.3 Å². The first-order chi connectivity index (χ1) is 17.7. The summed E-state index contributed by atoms with van der Waals surface area (Å²) in [6, 6.07) is 10.9.